The number of benzene rings is 1. The zero-order valence-electron chi connectivity index (χ0n) is 11.1. The van der Waals surface area contributed by atoms with Crippen LogP contribution in [0.3, 0.4) is 0 Å². The first-order chi connectivity index (χ1) is 8.83. The van der Waals surface area contributed by atoms with Gasteiger partial charge in [-0.15, -0.1) is 0 Å². The molecule has 3 nitrogen and oxygen atoms in total. The van der Waals surface area contributed by atoms with Gasteiger partial charge >= 0.3 is 0 Å². The van der Waals surface area contributed by atoms with Gasteiger partial charge < -0.3 is 14.4 Å². The van der Waals surface area contributed by atoms with Crippen LogP contribution in [-0.4, -0.2) is 50.3 Å². The summed E-state index contributed by atoms with van der Waals surface area (Å²) >= 11 is 2.05. The highest BCUT2D eigenvalue weighted by Gasteiger charge is 2.12. The van der Waals surface area contributed by atoms with Crippen LogP contribution in [0.15, 0.2) is 18.2 Å². The average Bonchev–Trinajstić information content (AvgIpc) is 2.45. The van der Waals surface area contributed by atoms with Gasteiger partial charge in [0.05, 0.1) is 14.2 Å². The van der Waals surface area contributed by atoms with E-state index in [1.807, 2.05) is 23.9 Å². The first-order valence-electron chi connectivity index (χ1n) is 6.34. The van der Waals surface area contributed by atoms with Gasteiger partial charge in [-0.1, -0.05) is 0 Å². The van der Waals surface area contributed by atoms with Gasteiger partial charge in [0.1, 0.15) is 11.5 Å². The molecule has 0 amide bonds. The molecule has 1 fully saturated rings. The van der Waals surface area contributed by atoms with Crippen LogP contribution >= 0.6 is 11.8 Å². The number of methoxy groups -OCH3 is 2. The van der Waals surface area contributed by atoms with Crippen molar-refractivity contribution in [1.82, 2.24) is 4.90 Å². The molecular formula is C14H21NO2S. The molecule has 18 heavy (non-hydrogen) atoms. The first kappa shape index (κ1) is 13.6. The number of ether oxygens (including phenoxy) is 2. The van der Waals surface area contributed by atoms with Gasteiger partial charge in [0.2, 0.25) is 0 Å². The van der Waals surface area contributed by atoms with Crippen molar-refractivity contribution in [3.05, 3.63) is 23.8 Å². The molecule has 1 aliphatic heterocycles. The maximum atomic E-state index is 5.41. The second-order valence-electron chi connectivity index (χ2n) is 4.38. The van der Waals surface area contributed by atoms with Gasteiger partial charge in [-0.05, 0) is 30.2 Å². The summed E-state index contributed by atoms with van der Waals surface area (Å²) < 4.78 is 10.7. The van der Waals surface area contributed by atoms with Crippen LogP contribution in [-0.2, 0) is 6.42 Å². The van der Waals surface area contributed by atoms with E-state index >= 15 is 0 Å². The molecule has 1 heterocycles. The minimum absolute atomic E-state index is 0.903. The molecule has 0 spiro atoms. The van der Waals surface area contributed by atoms with E-state index in [1.54, 1.807) is 14.2 Å². The van der Waals surface area contributed by atoms with Crippen LogP contribution in [0.25, 0.3) is 0 Å². The molecule has 0 unspecified atom stereocenters. The monoisotopic (exact) mass is 267 g/mol. The molecule has 0 radical (unpaired) electrons. The Bertz CT molecular complexity index is 378. The first-order valence-corrected chi connectivity index (χ1v) is 7.50. The summed E-state index contributed by atoms with van der Waals surface area (Å²) in [6.07, 6.45) is 1.02. The quantitative estimate of drug-likeness (QED) is 0.816. The molecule has 0 aliphatic carbocycles. The van der Waals surface area contributed by atoms with Crippen LogP contribution in [0.4, 0.5) is 0 Å². The fraction of sp³-hybridized carbons (Fsp3) is 0.571. The SMILES string of the molecule is COc1ccc(OC)c(CCN2CCSCC2)c1. The van der Waals surface area contributed by atoms with Crippen LogP contribution in [0.1, 0.15) is 5.56 Å². The maximum Gasteiger partial charge on any atom is 0.122 e. The number of nitrogens with zero attached hydrogens (tertiary/aromatic N) is 1. The Kier molecular flexibility index (Phi) is 5.20. The molecular weight excluding hydrogens is 246 g/mol. The predicted octanol–water partition coefficient (Wildman–Crippen LogP) is 2.30. The van der Waals surface area contributed by atoms with E-state index in [4.69, 9.17) is 9.47 Å². The van der Waals surface area contributed by atoms with Crippen molar-refractivity contribution in [3.8, 4) is 11.5 Å². The summed E-state index contributed by atoms with van der Waals surface area (Å²) in [4.78, 5) is 2.52. The van der Waals surface area contributed by atoms with E-state index in [0.717, 1.165) is 24.5 Å². The van der Waals surface area contributed by atoms with Crippen molar-refractivity contribution in [2.75, 3.05) is 45.4 Å². The molecule has 0 aromatic heterocycles. The smallest absolute Gasteiger partial charge is 0.122 e. The maximum absolute atomic E-state index is 5.41. The summed E-state index contributed by atoms with van der Waals surface area (Å²) in [5.41, 5.74) is 1.23. The Morgan fingerprint density at radius 1 is 1.17 bits per heavy atom. The summed E-state index contributed by atoms with van der Waals surface area (Å²) in [6, 6.07) is 6.01. The second-order valence-corrected chi connectivity index (χ2v) is 5.61. The summed E-state index contributed by atoms with van der Waals surface area (Å²) in [7, 11) is 3.43. The third kappa shape index (κ3) is 3.56. The van der Waals surface area contributed by atoms with Crippen molar-refractivity contribution in [3.63, 3.8) is 0 Å². The number of rotatable bonds is 5. The molecule has 2 rings (SSSR count). The summed E-state index contributed by atoms with van der Waals surface area (Å²) in [5, 5.41) is 0. The van der Waals surface area contributed by atoms with Crippen molar-refractivity contribution in [2.45, 2.75) is 6.42 Å². The van der Waals surface area contributed by atoms with E-state index in [0.29, 0.717) is 0 Å². The van der Waals surface area contributed by atoms with Gasteiger partial charge in [-0.25, -0.2) is 0 Å². The van der Waals surface area contributed by atoms with Gasteiger partial charge in [0.25, 0.3) is 0 Å². The van der Waals surface area contributed by atoms with Crippen molar-refractivity contribution < 1.29 is 9.47 Å². The Morgan fingerprint density at radius 2 is 1.94 bits per heavy atom. The van der Waals surface area contributed by atoms with Gasteiger partial charge in [-0.2, -0.15) is 11.8 Å². The standard InChI is InChI=1S/C14H21NO2S/c1-16-13-3-4-14(17-2)12(11-13)5-6-15-7-9-18-10-8-15/h3-4,11H,5-10H2,1-2H3. The lowest BCUT2D eigenvalue weighted by Gasteiger charge is -2.26. The Labute approximate surface area is 113 Å². The van der Waals surface area contributed by atoms with Gasteiger partial charge in [0, 0.05) is 31.1 Å². The third-order valence-electron chi connectivity index (χ3n) is 3.29. The molecule has 0 bridgehead atoms. The van der Waals surface area contributed by atoms with Crippen molar-refractivity contribution >= 4 is 11.8 Å². The Balaban J connectivity index is 1.97. The van der Waals surface area contributed by atoms with Crippen molar-refractivity contribution in [1.29, 1.82) is 0 Å². The Hall–Kier alpha value is -0.870. The van der Waals surface area contributed by atoms with E-state index in [2.05, 4.69) is 11.0 Å². The number of thioether (sulfide) groups is 1. The van der Waals surface area contributed by atoms with Gasteiger partial charge in [-0.3, -0.25) is 0 Å². The molecule has 1 aliphatic rings. The molecule has 1 aromatic carbocycles. The highest BCUT2D eigenvalue weighted by atomic mass is 32.2. The lowest BCUT2D eigenvalue weighted by molar-refractivity contribution is 0.304. The summed E-state index contributed by atoms with van der Waals surface area (Å²) in [6.45, 7) is 3.51. The normalized spacial score (nSPS) is 16.6. The fourth-order valence-electron chi connectivity index (χ4n) is 2.18. The lowest BCUT2D eigenvalue weighted by atomic mass is 10.1. The highest BCUT2D eigenvalue weighted by Crippen LogP contribution is 2.24. The zero-order chi connectivity index (χ0) is 12.8. The van der Waals surface area contributed by atoms with E-state index in [1.165, 1.54) is 30.2 Å². The average molecular weight is 267 g/mol. The van der Waals surface area contributed by atoms with Crippen LogP contribution < -0.4 is 9.47 Å². The van der Waals surface area contributed by atoms with Crippen LogP contribution in [0.2, 0.25) is 0 Å². The number of hydrogen-bond acceptors (Lipinski definition) is 4. The predicted molar refractivity (Wildman–Crippen MR) is 77.0 cm³/mol. The van der Waals surface area contributed by atoms with E-state index in [-0.39, 0.29) is 0 Å². The second kappa shape index (κ2) is 6.90. The lowest BCUT2D eigenvalue weighted by Crippen LogP contribution is -2.34. The summed E-state index contributed by atoms with van der Waals surface area (Å²) in [5.74, 6) is 4.38. The molecule has 1 saturated heterocycles. The van der Waals surface area contributed by atoms with Gasteiger partial charge in [0.15, 0.2) is 0 Å². The van der Waals surface area contributed by atoms with Crippen LogP contribution in [0.5, 0.6) is 11.5 Å². The molecule has 0 atom stereocenters. The van der Waals surface area contributed by atoms with E-state index in [9.17, 15) is 0 Å². The third-order valence-corrected chi connectivity index (χ3v) is 4.23. The Morgan fingerprint density at radius 3 is 2.61 bits per heavy atom. The minimum atomic E-state index is 0.903. The molecule has 0 saturated carbocycles. The molecule has 100 valence electrons. The highest BCUT2D eigenvalue weighted by molar-refractivity contribution is 7.99. The molecule has 1 aromatic rings. The van der Waals surface area contributed by atoms with Crippen molar-refractivity contribution in [2.24, 2.45) is 0 Å². The largest absolute Gasteiger partial charge is 0.497 e. The van der Waals surface area contributed by atoms with Crippen LogP contribution in [0, 0.1) is 0 Å². The number of hydrogen-bond donors (Lipinski definition) is 0. The van der Waals surface area contributed by atoms with E-state index < -0.39 is 0 Å². The molecule has 4 heteroatoms. The topological polar surface area (TPSA) is 21.7 Å². The molecule has 0 N–H and O–H groups in total. The fourth-order valence-corrected chi connectivity index (χ4v) is 3.16. The minimum Gasteiger partial charge on any atom is -0.497 e. The zero-order valence-corrected chi connectivity index (χ0v) is 12.0.